The fourth-order valence-corrected chi connectivity index (χ4v) is 8.03. The number of sulfone groups is 2. The summed E-state index contributed by atoms with van der Waals surface area (Å²) in [6.45, 7) is 4.99. The first-order valence-electron chi connectivity index (χ1n) is 6.17. The van der Waals surface area contributed by atoms with E-state index in [0.29, 0.717) is 6.42 Å². The van der Waals surface area contributed by atoms with E-state index in [1.807, 2.05) is 6.92 Å². The molecular formula is C11H22O4S2. The van der Waals surface area contributed by atoms with Gasteiger partial charge in [-0.25, -0.2) is 16.8 Å². The van der Waals surface area contributed by atoms with Crippen LogP contribution in [0.4, 0.5) is 0 Å². The highest BCUT2D eigenvalue weighted by atomic mass is 32.3. The van der Waals surface area contributed by atoms with Crippen LogP contribution in [0.15, 0.2) is 0 Å². The van der Waals surface area contributed by atoms with E-state index in [1.165, 1.54) is 13.8 Å². The summed E-state index contributed by atoms with van der Waals surface area (Å²) >= 11 is 0. The summed E-state index contributed by atoms with van der Waals surface area (Å²) in [5, 5.41) is 0. The van der Waals surface area contributed by atoms with E-state index in [9.17, 15) is 16.8 Å². The van der Waals surface area contributed by atoms with Crippen LogP contribution >= 0.6 is 0 Å². The number of rotatable bonds is 4. The van der Waals surface area contributed by atoms with Crippen LogP contribution < -0.4 is 0 Å². The van der Waals surface area contributed by atoms with Gasteiger partial charge in [-0.15, -0.1) is 0 Å². The second-order valence-electron chi connectivity index (χ2n) is 4.92. The first-order valence-corrected chi connectivity index (χ1v) is 9.47. The van der Waals surface area contributed by atoms with Crippen LogP contribution in [0.2, 0.25) is 0 Å². The van der Waals surface area contributed by atoms with Crippen LogP contribution in [0.25, 0.3) is 0 Å². The predicted molar refractivity (Wildman–Crippen MR) is 69.3 cm³/mol. The molecule has 0 bridgehead atoms. The third-order valence-corrected chi connectivity index (χ3v) is 9.86. The molecule has 0 spiro atoms. The monoisotopic (exact) mass is 282 g/mol. The summed E-state index contributed by atoms with van der Waals surface area (Å²) < 4.78 is 47.5. The highest BCUT2D eigenvalue weighted by Crippen LogP contribution is 2.43. The van der Waals surface area contributed by atoms with Gasteiger partial charge in [-0.2, -0.15) is 0 Å². The molecule has 1 rings (SSSR count). The molecule has 1 unspecified atom stereocenters. The zero-order chi connectivity index (χ0) is 13.3. The Kier molecular flexibility index (Phi) is 4.29. The third kappa shape index (κ3) is 2.38. The first-order chi connectivity index (χ1) is 7.72. The summed E-state index contributed by atoms with van der Waals surface area (Å²) in [6.07, 6.45) is 2.13. The Morgan fingerprint density at radius 3 is 1.88 bits per heavy atom. The Labute approximate surface area is 105 Å². The molecule has 0 aliphatic heterocycles. The van der Waals surface area contributed by atoms with Crippen molar-refractivity contribution in [3.63, 3.8) is 0 Å². The smallest absolute Gasteiger partial charge is 0.173 e. The Morgan fingerprint density at radius 1 is 1.06 bits per heavy atom. The van der Waals surface area contributed by atoms with Crippen LogP contribution in [0.1, 0.15) is 46.5 Å². The average molecular weight is 282 g/mol. The fourth-order valence-electron chi connectivity index (χ4n) is 2.74. The van der Waals surface area contributed by atoms with Crippen molar-refractivity contribution in [2.24, 2.45) is 5.92 Å². The Balaban J connectivity index is 3.39. The summed E-state index contributed by atoms with van der Waals surface area (Å²) in [5.41, 5.74) is 0. The van der Waals surface area contributed by atoms with Gasteiger partial charge in [-0.1, -0.05) is 33.6 Å². The van der Waals surface area contributed by atoms with Crippen LogP contribution in [0.3, 0.4) is 0 Å². The minimum Gasteiger partial charge on any atom is -0.227 e. The molecule has 0 aromatic rings. The van der Waals surface area contributed by atoms with Gasteiger partial charge in [-0.3, -0.25) is 0 Å². The fraction of sp³-hybridized carbons (Fsp3) is 1.00. The second kappa shape index (κ2) is 4.88. The Hall–Kier alpha value is -0.100. The lowest BCUT2D eigenvalue weighted by Gasteiger charge is -2.38. The maximum Gasteiger partial charge on any atom is 0.173 e. The molecule has 4 nitrogen and oxygen atoms in total. The van der Waals surface area contributed by atoms with E-state index in [1.54, 1.807) is 0 Å². The van der Waals surface area contributed by atoms with Gasteiger partial charge in [0.05, 0.1) is 0 Å². The van der Waals surface area contributed by atoms with Gasteiger partial charge in [-0.05, 0) is 18.8 Å². The van der Waals surface area contributed by atoms with Crippen molar-refractivity contribution in [1.82, 2.24) is 0 Å². The molecule has 1 aliphatic carbocycles. The molecule has 0 radical (unpaired) electrons. The third-order valence-electron chi connectivity index (χ3n) is 3.81. The molecule has 0 aromatic heterocycles. The Bertz CT molecular complexity index is 428. The van der Waals surface area contributed by atoms with Gasteiger partial charge >= 0.3 is 0 Å². The molecule has 0 saturated heterocycles. The van der Waals surface area contributed by atoms with Gasteiger partial charge in [0.1, 0.15) is 0 Å². The molecule has 0 amide bonds. The minimum absolute atomic E-state index is 0.0983. The van der Waals surface area contributed by atoms with Crippen molar-refractivity contribution < 1.29 is 16.8 Å². The van der Waals surface area contributed by atoms with Crippen LogP contribution in [-0.4, -0.2) is 32.4 Å². The predicted octanol–water partition coefficient (Wildman–Crippen LogP) is 1.76. The van der Waals surface area contributed by atoms with Gasteiger partial charge < -0.3 is 0 Å². The minimum atomic E-state index is -3.57. The molecule has 1 fully saturated rings. The Morgan fingerprint density at radius 2 is 1.53 bits per heavy atom. The molecule has 6 heteroatoms. The molecule has 0 aromatic carbocycles. The highest BCUT2D eigenvalue weighted by Gasteiger charge is 2.54. The van der Waals surface area contributed by atoms with Gasteiger partial charge in [0.2, 0.25) is 0 Å². The summed E-state index contributed by atoms with van der Waals surface area (Å²) in [4.78, 5) is 0. The van der Waals surface area contributed by atoms with Gasteiger partial charge in [0.25, 0.3) is 0 Å². The van der Waals surface area contributed by atoms with Crippen molar-refractivity contribution in [3.05, 3.63) is 0 Å². The van der Waals surface area contributed by atoms with Crippen LogP contribution in [0.5, 0.6) is 0 Å². The van der Waals surface area contributed by atoms with Crippen molar-refractivity contribution >= 4 is 19.7 Å². The summed E-state index contributed by atoms with van der Waals surface area (Å²) in [5.74, 6) is -0.0378. The summed E-state index contributed by atoms with van der Waals surface area (Å²) in [7, 11) is -7.15. The van der Waals surface area contributed by atoms with Gasteiger partial charge in [0, 0.05) is 11.5 Å². The SMILES string of the molecule is CCS(=O)(=O)C1(S(=O)(=O)CC)CCCC(C)C1. The van der Waals surface area contributed by atoms with Crippen molar-refractivity contribution in [3.8, 4) is 0 Å². The van der Waals surface area contributed by atoms with Crippen LogP contribution in [0, 0.1) is 5.92 Å². The number of hydrogen-bond donors (Lipinski definition) is 0. The largest absolute Gasteiger partial charge is 0.227 e. The maximum atomic E-state index is 12.2. The molecule has 0 heterocycles. The molecule has 102 valence electrons. The zero-order valence-electron chi connectivity index (χ0n) is 10.8. The van der Waals surface area contributed by atoms with Crippen molar-refractivity contribution in [2.45, 2.75) is 50.5 Å². The standard InChI is InChI=1S/C11H22O4S2/c1-4-16(12,13)11(17(14,15)5-2)8-6-7-10(3)9-11/h10H,4-9H2,1-3H3. The lowest BCUT2D eigenvalue weighted by atomic mass is 9.90. The average Bonchev–Trinajstić information content (AvgIpc) is 2.28. The quantitative estimate of drug-likeness (QED) is 0.788. The topological polar surface area (TPSA) is 68.3 Å². The van der Waals surface area contributed by atoms with E-state index in [2.05, 4.69) is 0 Å². The zero-order valence-corrected chi connectivity index (χ0v) is 12.4. The molecule has 1 saturated carbocycles. The first kappa shape index (κ1) is 15.0. The van der Waals surface area contributed by atoms with E-state index < -0.39 is 23.8 Å². The second-order valence-corrected chi connectivity index (χ2v) is 10.4. The summed E-state index contributed by atoms with van der Waals surface area (Å²) in [6, 6.07) is 0. The number of hydrogen-bond acceptors (Lipinski definition) is 4. The molecule has 1 aliphatic rings. The maximum absolute atomic E-state index is 12.2. The van der Waals surface area contributed by atoms with E-state index in [0.717, 1.165) is 6.42 Å². The lowest BCUT2D eigenvalue weighted by Crippen LogP contribution is -2.50. The molecular weight excluding hydrogens is 260 g/mol. The van der Waals surface area contributed by atoms with E-state index in [4.69, 9.17) is 0 Å². The van der Waals surface area contributed by atoms with E-state index >= 15 is 0 Å². The van der Waals surface area contributed by atoms with Crippen molar-refractivity contribution in [2.75, 3.05) is 11.5 Å². The molecule has 1 atom stereocenters. The van der Waals surface area contributed by atoms with Gasteiger partial charge in [0.15, 0.2) is 23.8 Å². The highest BCUT2D eigenvalue weighted by molar-refractivity contribution is 8.10. The van der Waals surface area contributed by atoms with Crippen molar-refractivity contribution in [1.29, 1.82) is 0 Å². The molecule has 17 heavy (non-hydrogen) atoms. The normalized spacial score (nSPS) is 25.7. The lowest BCUT2D eigenvalue weighted by molar-refractivity contribution is 0.351. The molecule has 0 N–H and O–H groups in total. The van der Waals surface area contributed by atoms with E-state index in [-0.39, 0.29) is 30.3 Å². The van der Waals surface area contributed by atoms with Crippen LogP contribution in [-0.2, 0) is 19.7 Å².